The molecule has 2 aliphatic rings. The third-order valence-electron chi connectivity index (χ3n) is 5.77. The van der Waals surface area contributed by atoms with Crippen LogP contribution in [-0.2, 0) is 4.79 Å². The number of rotatable bonds is 6. The fourth-order valence-corrected chi connectivity index (χ4v) is 4.11. The summed E-state index contributed by atoms with van der Waals surface area (Å²) in [6, 6.07) is 9.90. The first-order valence-corrected chi connectivity index (χ1v) is 11.3. The molecular formula is C24H21ClN8O. The fraction of sp³-hybridized carbons (Fsp3) is 0.167. The fourth-order valence-electron chi connectivity index (χ4n) is 3.89. The van der Waals surface area contributed by atoms with Gasteiger partial charge < -0.3 is 16.0 Å². The van der Waals surface area contributed by atoms with Crippen molar-refractivity contribution in [1.29, 1.82) is 0 Å². The Balaban J connectivity index is 1.38. The molecule has 4 aromatic rings. The number of anilines is 3. The zero-order chi connectivity index (χ0) is 23.2. The van der Waals surface area contributed by atoms with Gasteiger partial charge in [0.25, 0.3) is 0 Å². The van der Waals surface area contributed by atoms with E-state index in [0.717, 1.165) is 41.2 Å². The number of allylic oxidation sites excluding steroid dienone is 1. The summed E-state index contributed by atoms with van der Waals surface area (Å²) in [6.45, 7) is 3.93. The molecule has 10 heteroatoms. The van der Waals surface area contributed by atoms with Crippen LogP contribution in [0.25, 0.3) is 17.4 Å². The predicted octanol–water partition coefficient (Wildman–Crippen LogP) is 4.30. The third kappa shape index (κ3) is 3.90. The van der Waals surface area contributed by atoms with Gasteiger partial charge in [0.1, 0.15) is 11.6 Å². The van der Waals surface area contributed by atoms with Gasteiger partial charge in [0, 0.05) is 35.8 Å². The van der Waals surface area contributed by atoms with Crippen LogP contribution in [0, 0.1) is 0 Å². The van der Waals surface area contributed by atoms with Crippen LogP contribution in [0.5, 0.6) is 0 Å². The van der Waals surface area contributed by atoms with Gasteiger partial charge in [-0.05, 0) is 48.8 Å². The number of benzene rings is 1. The Hall–Kier alpha value is -4.11. The summed E-state index contributed by atoms with van der Waals surface area (Å²) < 4.78 is 3.53. The van der Waals surface area contributed by atoms with E-state index < -0.39 is 0 Å². The molecule has 0 bridgehead atoms. The number of amides is 1. The van der Waals surface area contributed by atoms with E-state index in [1.165, 1.54) is 0 Å². The molecule has 2 fully saturated rings. The van der Waals surface area contributed by atoms with Crippen molar-refractivity contribution in [3.63, 3.8) is 0 Å². The van der Waals surface area contributed by atoms with Crippen LogP contribution in [0.2, 0.25) is 5.02 Å². The van der Waals surface area contributed by atoms with Crippen molar-refractivity contribution in [3.8, 4) is 5.69 Å². The SMILES string of the molecule is C=C1NC(=O)C/C1=C\c1cnn2c(NC3CC3)cc(Nc3ccc(-n4cccn4)cc3Cl)nc12. The average molecular weight is 473 g/mol. The van der Waals surface area contributed by atoms with E-state index in [0.29, 0.717) is 34.6 Å². The van der Waals surface area contributed by atoms with Crippen LogP contribution in [0.15, 0.2) is 66.8 Å². The number of aromatic nitrogens is 5. The minimum absolute atomic E-state index is 0.0627. The summed E-state index contributed by atoms with van der Waals surface area (Å²) >= 11 is 6.58. The van der Waals surface area contributed by atoms with E-state index in [2.05, 4.69) is 32.7 Å². The highest BCUT2D eigenvalue weighted by Gasteiger charge is 2.24. The molecule has 0 spiro atoms. The van der Waals surface area contributed by atoms with E-state index in [9.17, 15) is 4.79 Å². The first kappa shape index (κ1) is 20.5. The Morgan fingerprint density at radius 2 is 2.12 bits per heavy atom. The van der Waals surface area contributed by atoms with Crippen molar-refractivity contribution in [1.82, 2.24) is 29.7 Å². The molecule has 1 saturated carbocycles. The maximum Gasteiger partial charge on any atom is 0.228 e. The van der Waals surface area contributed by atoms with Crippen LogP contribution in [0.4, 0.5) is 17.3 Å². The monoisotopic (exact) mass is 472 g/mol. The lowest BCUT2D eigenvalue weighted by Gasteiger charge is -2.13. The smallest absolute Gasteiger partial charge is 0.228 e. The van der Waals surface area contributed by atoms with Crippen LogP contribution in [0.3, 0.4) is 0 Å². The van der Waals surface area contributed by atoms with Crippen molar-refractivity contribution in [3.05, 3.63) is 77.4 Å². The van der Waals surface area contributed by atoms with Gasteiger partial charge in [0.05, 0.1) is 29.0 Å². The number of nitrogens with one attached hydrogen (secondary N) is 3. The Morgan fingerprint density at radius 3 is 2.82 bits per heavy atom. The minimum Gasteiger partial charge on any atom is -0.367 e. The maximum atomic E-state index is 11.7. The Labute approximate surface area is 200 Å². The van der Waals surface area contributed by atoms with Gasteiger partial charge in [-0.3, -0.25) is 4.79 Å². The maximum absolute atomic E-state index is 11.7. The highest BCUT2D eigenvalue weighted by atomic mass is 35.5. The second kappa shape index (κ2) is 8.03. The summed E-state index contributed by atoms with van der Waals surface area (Å²) in [5.41, 5.74) is 4.50. The summed E-state index contributed by atoms with van der Waals surface area (Å²) in [5, 5.41) is 18.9. The first-order chi connectivity index (χ1) is 16.5. The molecule has 1 amide bonds. The third-order valence-corrected chi connectivity index (χ3v) is 6.08. The van der Waals surface area contributed by atoms with Gasteiger partial charge in [0.15, 0.2) is 5.65 Å². The lowest BCUT2D eigenvalue weighted by Crippen LogP contribution is -2.10. The van der Waals surface area contributed by atoms with Gasteiger partial charge >= 0.3 is 0 Å². The lowest BCUT2D eigenvalue weighted by atomic mass is 10.1. The summed E-state index contributed by atoms with van der Waals surface area (Å²) in [7, 11) is 0. The topological polar surface area (TPSA) is 101 Å². The average Bonchev–Trinajstić information content (AvgIpc) is 3.18. The molecule has 0 atom stereocenters. The van der Waals surface area contributed by atoms with Gasteiger partial charge in [-0.2, -0.15) is 14.7 Å². The van der Waals surface area contributed by atoms with Gasteiger partial charge in [-0.25, -0.2) is 9.67 Å². The first-order valence-electron chi connectivity index (χ1n) is 10.9. The molecule has 170 valence electrons. The van der Waals surface area contributed by atoms with Crippen molar-refractivity contribution in [2.45, 2.75) is 25.3 Å². The largest absolute Gasteiger partial charge is 0.367 e. The number of carbonyl (C=O) groups excluding carboxylic acids is 1. The highest BCUT2D eigenvalue weighted by molar-refractivity contribution is 6.33. The molecule has 1 aliphatic heterocycles. The molecule has 1 aromatic carbocycles. The van der Waals surface area contributed by atoms with Crippen LogP contribution in [-0.4, -0.2) is 36.3 Å². The lowest BCUT2D eigenvalue weighted by molar-refractivity contribution is -0.118. The Kier molecular flexibility index (Phi) is 4.84. The molecule has 1 aliphatic carbocycles. The number of nitrogens with zero attached hydrogens (tertiary/aromatic N) is 5. The number of fused-ring (bicyclic) bond motifs is 1. The van der Waals surface area contributed by atoms with Gasteiger partial charge in [-0.15, -0.1) is 0 Å². The van der Waals surface area contributed by atoms with Crippen LogP contribution < -0.4 is 16.0 Å². The van der Waals surface area contributed by atoms with Gasteiger partial charge in [-0.1, -0.05) is 18.2 Å². The summed E-state index contributed by atoms with van der Waals surface area (Å²) in [6.07, 6.45) is 9.78. The standard InChI is InChI=1S/C24H21ClN8O/c1-14-15(10-23(34)28-14)9-16-13-27-33-22(29-17-3-4-17)12-21(31-24(16)33)30-20-6-5-18(11-19(20)25)32-8-2-7-26-32/h2,5-9,11-13,17,29H,1,3-4,10H2,(H,28,34)(H,30,31)/b15-9+. The molecule has 34 heavy (non-hydrogen) atoms. The highest BCUT2D eigenvalue weighted by Crippen LogP contribution is 2.31. The van der Waals surface area contributed by atoms with E-state index in [1.54, 1.807) is 21.6 Å². The van der Waals surface area contributed by atoms with Crippen molar-refractivity contribution in [2.75, 3.05) is 10.6 Å². The minimum atomic E-state index is -0.0627. The molecule has 6 rings (SSSR count). The van der Waals surface area contributed by atoms with Crippen molar-refractivity contribution in [2.24, 2.45) is 0 Å². The molecular weight excluding hydrogens is 452 g/mol. The molecule has 3 aromatic heterocycles. The molecule has 0 radical (unpaired) electrons. The molecule has 3 N–H and O–H groups in total. The number of hydrogen-bond acceptors (Lipinski definition) is 6. The second-order valence-corrected chi connectivity index (χ2v) is 8.80. The van der Waals surface area contributed by atoms with Crippen molar-refractivity contribution < 1.29 is 4.79 Å². The zero-order valence-corrected chi connectivity index (χ0v) is 18.9. The van der Waals surface area contributed by atoms with Gasteiger partial charge in [0.2, 0.25) is 5.91 Å². The van der Waals surface area contributed by atoms with E-state index >= 15 is 0 Å². The zero-order valence-electron chi connectivity index (χ0n) is 18.1. The quantitative estimate of drug-likeness (QED) is 0.386. The van der Waals surface area contributed by atoms with Crippen LogP contribution >= 0.6 is 11.6 Å². The van der Waals surface area contributed by atoms with E-state index in [4.69, 9.17) is 16.6 Å². The predicted molar refractivity (Wildman–Crippen MR) is 131 cm³/mol. The molecule has 1 saturated heterocycles. The second-order valence-electron chi connectivity index (χ2n) is 8.39. The molecule has 0 unspecified atom stereocenters. The van der Waals surface area contributed by atoms with Crippen molar-refractivity contribution >= 4 is 46.6 Å². The normalized spacial score (nSPS) is 16.9. The number of carbonyl (C=O) groups is 1. The van der Waals surface area contributed by atoms with E-state index in [-0.39, 0.29) is 5.91 Å². The summed E-state index contributed by atoms with van der Waals surface area (Å²) in [5.74, 6) is 1.40. The van der Waals surface area contributed by atoms with Crippen LogP contribution in [0.1, 0.15) is 24.8 Å². The Bertz CT molecular complexity index is 1470. The van der Waals surface area contributed by atoms with E-state index in [1.807, 2.05) is 42.6 Å². The number of hydrogen-bond donors (Lipinski definition) is 3. The molecule has 4 heterocycles. The Morgan fingerprint density at radius 1 is 1.24 bits per heavy atom. The summed E-state index contributed by atoms with van der Waals surface area (Å²) in [4.78, 5) is 16.6. The number of halogens is 1. The molecule has 9 nitrogen and oxygen atoms in total.